The van der Waals surface area contributed by atoms with Crippen molar-refractivity contribution < 1.29 is 14.3 Å². The van der Waals surface area contributed by atoms with Crippen LogP contribution in [0.25, 0.3) is 0 Å². The second-order valence-corrected chi connectivity index (χ2v) is 6.36. The summed E-state index contributed by atoms with van der Waals surface area (Å²) < 4.78 is 11.3. The second-order valence-electron chi connectivity index (χ2n) is 6.36. The van der Waals surface area contributed by atoms with Crippen molar-refractivity contribution in [3.05, 3.63) is 23.8 Å². The molecule has 0 aromatic heterocycles. The summed E-state index contributed by atoms with van der Waals surface area (Å²) in [5, 5.41) is 2.97. The van der Waals surface area contributed by atoms with Crippen molar-refractivity contribution in [2.75, 3.05) is 12.4 Å². The molecule has 122 valence electrons. The Kier molecular flexibility index (Phi) is 5.12. The number of methoxy groups -OCH3 is 1. The monoisotopic (exact) mass is 305 g/mol. The summed E-state index contributed by atoms with van der Waals surface area (Å²) in [6.07, 6.45) is 3.26. The van der Waals surface area contributed by atoms with Gasteiger partial charge < -0.3 is 14.8 Å². The van der Waals surface area contributed by atoms with Gasteiger partial charge in [-0.05, 0) is 69.7 Å². The smallest absolute Gasteiger partial charge is 0.256 e. The van der Waals surface area contributed by atoms with Gasteiger partial charge in [0.25, 0.3) is 5.91 Å². The van der Waals surface area contributed by atoms with Crippen molar-refractivity contribution in [2.24, 2.45) is 5.92 Å². The lowest BCUT2D eigenvalue weighted by atomic mass is 9.99. The minimum absolute atomic E-state index is 0.0764. The Morgan fingerprint density at radius 3 is 2.64 bits per heavy atom. The number of carbonyl (C=O) groups is 1. The summed E-state index contributed by atoms with van der Waals surface area (Å²) in [7, 11) is 1.60. The van der Waals surface area contributed by atoms with E-state index in [0.717, 1.165) is 36.3 Å². The van der Waals surface area contributed by atoms with E-state index in [1.807, 2.05) is 32.0 Å². The fourth-order valence-corrected chi connectivity index (χ4v) is 2.49. The van der Waals surface area contributed by atoms with Gasteiger partial charge in [0, 0.05) is 12.8 Å². The first kappa shape index (κ1) is 16.8. The molecule has 22 heavy (non-hydrogen) atoms. The maximum absolute atomic E-state index is 12.5. The summed E-state index contributed by atoms with van der Waals surface area (Å²) in [4.78, 5) is 12.5. The molecule has 1 amide bonds. The molecule has 0 spiro atoms. The van der Waals surface area contributed by atoms with Gasteiger partial charge in [-0.15, -0.1) is 0 Å². The molecule has 1 aliphatic rings. The molecule has 0 unspecified atom stereocenters. The van der Waals surface area contributed by atoms with Gasteiger partial charge in [0.15, 0.2) is 0 Å². The van der Waals surface area contributed by atoms with Crippen molar-refractivity contribution in [2.45, 2.75) is 58.7 Å². The highest BCUT2D eigenvalue weighted by atomic mass is 16.5. The lowest BCUT2D eigenvalue weighted by Crippen LogP contribution is -2.44. The molecule has 1 aliphatic carbocycles. The van der Waals surface area contributed by atoms with Gasteiger partial charge in [0.2, 0.25) is 0 Å². The number of hydrogen-bond donors (Lipinski definition) is 1. The van der Waals surface area contributed by atoms with Crippen molar-refractivity contribution in [3.8, 4) is 5.75 Å². The van der Waals surface area contributed by atoms with Gasteiger partial charge in [-0.3, -0.25) is 4.79 Å². The van der Waals surface area contributed by atoms with Crippen molar-refractivity contribution >= 4 is 11.6 Å². The topological polar surface area (TPSA) is 47.6 Å². The largest absolute Gasteiger partial charge is 0.490 e. The molecule has 0 heterocycles. The molecule has 0 bridgehead atoms. The highest BCUT2D eigenvalue weighted by molar-refractivity contribution is 5.97. The number of anilines is 1. The van der Waals surface area contributed by atoms with Crippen molar-refractivity contribution in [1.82, 2.24) is 0 Å². The van der Waals surface area contributed by atoms with Crippen LogP contribution in [0.15, 0.2) is 18.2 Å². The quantitative estimate of drug-likeness (QED) is 0.830. The number of carbonyl (C=O) groups excluding carboxylic acids is 1. The average Bonchev–Trinajstić information content (AvgIpc) is 3.34. The van der Waals surface area contributed by atoms with Gasteiger partial charge in [0.1, 0.15) is 11.4 Å². The number of benzene rings is 1. The van der Waals surface area contributed by atoms with Gasteiger partial charge in [-0.1, -0.05) is 6.92 Å². The second kappa shape index (κ2) is 6.69. The minimum Gasteiger partial charge on any atom is -0.490 e. The van der Waals surface area contributed by atoms with E-state index in [0.29, 0.717) is 5.92 Å². The highest BCUT2D eigenvalue weighted by Crippen LogP contribution is 2.42. The molecule has 2 rings (SSSR count). The number of rotatable bonds is 7. The standard InChI is InChI=1S/C18H27NO3/c1-6-13(3)22-16-10-9-15(11-12(16)2)19-17(20)18(4,21-5)14-7-8-14/h9-11,13-14H,6-8H2,1-5H3,(H,19,20)/t13-,18-/m0/s1. The number of nitrogens with one attached hydrogen (secondary N) is 1. The van der Waals surface area contributed by atoms with Crippen LogP contribution in [-0.4, -0.2) is 24.7 Å². The molecule has 4 nitrogen and oxygen atoms in total. The molecule has 1 aromatic rings. The molecule has 0 aliphatic heterocycles. The summed E-state index contributed by atoms with van der Waals surface area (Å²) >= 11 is 0. The Morgan fingerprint density at radius 1 is 1.45 bits per heavy atom. The zero-order valence-electron chi connectivity index (χ0n) is 14.2. The van der Waals surface area contributed by atoms with E-state index in [1.165, 1.54) is 0 Å². The average molecular weight is 305 g/mol. The summed E-state index contributed by atoms with van der Waals surface area (Å²) in [6, 6.07) is 5.74. The zero-order valence-corrected chi connectivity index (χ0v) is 14.2. The minimum atomic E-state index is -0.736. The van der Waals surface area contributed by atoms with E-state index < -0.39 is 5.60 Å². The van der Waals surface area contributed by atoms with Gasteiger partial charge in [-0.2, -0.15) is 0 Å². The first-order valence-corrected chi connectivity index (χ1v) is 8.04. The number of hydrogen-bond acceptors (Lipinski definition) is 3. The Balaban J connectivity index is 2.07. The third kappa shape index (κ3) is 3.61. The van der Waals surface area contributed by atoms with Gasteiger partial charge in [0.05, 0.1) is 6.10 Å². The summed E-state index contributed by atoms with van der Waals surface area (Å²) in [5.74, 6) is 1.11. The summed E-state index contributed by atoms with van der Waals surface area (Å²) in [6.45, 7) is 8.00. The van der Waals surface area contributed by atoms with Crippen LogP contribution in [0.4, 0.5) is 5.69 Å². The van der Waals surface area contributed by atoms with Crippen molar-refractivity contribution in [3.63, 3.8) is 0 Å². The van der Waals surface area contributed by atoms with Crippen molar-refractivity contribution in [1.29, 1.82) is 0 Å². The molecule has 1 N–H and O–H groups in total. The van der Waals surface area contributed by atoms with E-state index in [1.54, 1.807) is 7.11 Å². The predicted molar refractivity (Wildman–Crippen MR) is 88.3 cm³/mol. The molecule has 2 atom stereocenters. The van der Waals surface area contributed by atoms with Crippen LogP contribution in [-0.2, 0) is 9.53 Å². The number of aryl methyl sites for hydroxylation is 1. The molecule has 4 heteroatoms. The van der Waals surface area contributed by atoms with E-state index >= 15 is 0 Å². The molecule has 1 aromatic carbocycles. The normalized spacial score (nSPS) is 18.4. The number of amides is 1. The van der Waals surface area contributed by atoms with Crippen LogP contribution in [0.5, 0.6) is 5.75 Å². The maximum atomic E-state index is 12.5. The first-order valence-electron chi connectivity index (χ1n) is 8.04. The number of ether oxygens (including phenoxy) is 2. The molecule has 0 saturated heterocycles. The fourth-order valence-electron chi connectivity index (χ4n) is 2.49. The van der Waals surface area contributed by atoms with Crippen LogP contribution in [0.2, 0.25) is 0 Å². The predicted octanol–water partition coefficient (Wildman–Crippen LogP) is 3.93. The lowest BCUT2D eigenvalue weighted by Gasteiger charge is -2.27. The van der Waals surface area contributed by atoms with E-state index in [4.69, 9.17) is 9.47 Å². The van der Waals surface area contributed by atoms with Crippen LogP contribution in [0.3, 0.4) is 0 Å². The van der Waals surface area contributed by atoms with E-state index in [9.17, 15) is 4.79 Å². The zero-order chi connectivity index (χ0) is 16.3. The molecule has 1 saturated carbocycles. The van der Waals surface area contributed by atoms with Crippen LogP contribution in [0.1, 0.15) is 45.6 Å². The SMILES string of the molecule is CC[C@H](C)Oc1ccc(NC(=O)[C@@](C)(OC)C2CC2)cc1C. The van der Waals surface area contributed by atoms with E-state index in [2.05, 4.69) is 19.2 Å². The Morgan fingerprint density at radius 2 is 2.14 bits per heavy atom. The van der Waals surface area contributed by atoms with Crippen LogP contribution in [0, 0.1) is 12.8 Å². The van der Waals surface area contributed by atoms with E-state index in [-0.39, 0.29) is 12.0 Å². The van der Waals surface area contributed by atoms with Gasteiger partial charge in [-0.25, -0.2) is 0 Å². The summed E-state index contributed by atoms with van der Waals surface area (Å²) in [5.41, 5.74) is 1.06. The fraction of sp³-hybridized carbons (Fsp3) is 0.611. The first-order chi connectivity index (χ1) is 10.4. The molecule has 1 fully saturated rings. The Hall–Kier alpha value is -1.55. The Labute approximate surface area is 133 Å². The van der Waals surface area contributed by atoms with Crippen LogP contribution >= 0.6 is 0 Å². The third-order valence-corrected chi connectivity index (χ3v) is 4.57. The third-order valence-electron chi connectivity index (χ3n) is 4.57. The Bertz CT molecular complexity index is 539. The molecular weight excluding hydrogens is 278 g/mol. The van der Waals surface area contributed by atoms with Gasteiger partial charge >= 0.3 is 0 Å². The molecule has 0 radical (unpaired) electrons. The molecular formula is C18H27NO3. The maximum Gasteiger partial charge on any atom is 0.256 e. The lowest BCUT2D eigenvalue weighted by molar-refractivity contribution is -0.138. The van der Waals surface area contributed by atoms with Crippen LogP contribution < -0.4 is 10.1 Å². The highest BCUT2D eigenvalue weighted by Gasteiger charge is 2.47.